The molecular weight excluding hydrogens is 256 g/mol. The molecule has 1 amide bonds. The Labute approximate surface area is 88.7 Å². The monoisotopic (exact) mass is 264 g/mol. The van der Waals surface area contributed by atoms with Crippen LogP contribution in [-0.4, -0.2) is 25.4 Å². The Kier molecular flexibility index (Phi) is 3.75. The molecule has 0 aliphatic rings. The zero-order chi connectivity index (χ0) is 10.6. The van der Waals surface area contributed by atoms with Crippen LogP contribution in [0.1, 0.15) is 5.76 Å². The molecule has 0 aliphatic heterocycles. The van der Waals surface area contributed by atoms with Crippen molar-refractivity contribution in [3.63, 3.8) is 0 Å². The SMILES string of the molecule is CNC(=O)OCc1onc(OC)c1Br. The van der Waals surface area contributed by atoms with Gasteiger partial charge < -0.3 is 19.3 Å². The van der Waals surface area contributed by atoms with Gasteiger partial charge in [-0.3, -0.25) is 0 Å². The van der Waals surface area contributed by atoms with Gasteiger partial charge in [0.15, 0.2) is 12.4 Å². The first-order chi connectivity index (χ1) is 6.69. The van der Waals surface area contributed by atoms with E-state index in [-0.39, 0.29) is 6.61 Å². The Morgan fingerprint density at radius 1 is 1.71 bits per heavy atom. The Bertz CT molecular complexity index is 325. The Morgan fingerprint density at radius 2 is 2.43 bits per heavy atom. The molecule has 14 heavy (non-hydrogen) atoms. The molecule has 1 rings (SSSR count). The van der Waals surface area contributed by atoms with Crippen molar-refractivity contribution in [2.24, 2.45) is 0 Å². The quantitative estimate of drug-likeness (QED) is 0.891. The molecule has 7 heteroatoms. The summed E-state index contributed by atoms with van der Waals surface area (Å²) in [6.45, 7) is -0.00336. The van der Waals surface area contributed by atoms with Gasteiger partial charge in [0.1, 0.15) is 4.47 Å². The van der Waals surface area contributed by atoms with E-state index in [2.05, 4.69) is 26.4 Å². The fourth-order valence-electron chi connectivity index (χ4n) is 0.716. The molecule has 0 spiro atoms. The van der Waals surface area contributed by atoms with Crippen LogP contribution in [0.25, 0.3) is 0 Å². The largest absolute Gasteiger partial charge is 0.478 e. The van der Waals surface area contributed by atoms with Crippen molar-refractivity contribution in [3.05, 3.63) is 10.2 Å². The van der Waals surface area contributed by atoms with Crippen LogP contribution in [0.5, 0.6) is 5.88 Å². The number of methoxy groups -OCH3 is 1. The second-order valence-electron chi connectivity index (χ2n) is 2.26. The molecule has 78 valence electrons. The summed E-state index contributed by atoms with van der Waals surface area (Å²) in [4.78, 5) is 10.7. The number of hydrogen-bond donors (Lipinski definition) is 1. The average molecular weight is 265 g/mol. The van der Waals surface area contributed by atoms with Crippen molar-refractivity contribution < 1.29 is 18.8 Å². The molecule has 0 atom stereocenters. The summed E-state index contributed by atoms with van der Waals surface area (Å²) >= 11 is 3.19. The molecule has 1 N–H and O–H groups in total. The normalized spacial score (nSPS) is 9.64. The maximum absolute atomic E-state index is 10.7. The third-order valence-electron chi connectivity index (χ3n) is 1.40. The van der Waals surface area contributed by atoms with E-state index in [1.165, 1.54) is 14.2 Å². The predicted molar refractivity (Wildman–Crippen MR) is 50.0 cm³/mol. The van der Waals surface area contributed by atoms with Crippen molar-refractivity contribution in [3.8, 4) is 5.88 Å². The minimum absolute atomic E-state index is 0.00336. The molecule has 0 saturated heterocycles. The Morgan fingerprint density at radius 3 is 2.93 bits per heavy atom. The lowest BCUT2D eigenvalue weighted by Crippen LogP contribution is -2.18. The summed E-state index contributed by atoms with van der Waals surface area (Å²) in [5.74, 6) is 0.714. The van der Waals surface area contributed by atoms with Gasteiger partial charge in [-0.2, -0.15) is 0 Å². The minimum Gasteiger partial charge on any atom is -0.478 e. The van der Waals surface area contributed by atoms with Crippen LogP contribution in [0.3, 0.4) is 0 Å². The smallest absolute Gasteiger partial charge is 0.407 e. The number of carbonyl (C=O) groups excluding carboxylic acids is 1. The second-order valence-corrected chi connectivity index (χ2v) is 3.05. The number of ether oxygens (including phenoxy) is 2. The fourth-order valence-corrected chi connectivity index (χ4v) is 1.14. The number of alkyl carbamates (subject to hydrolysis) is 1. The van der Waals surface area contributed by atoms with Gasteiger partial charge >= 0.3 is 6.09 Å². The van der Waals surface area contributed by atoms with Crippen LogP contribution in [0.15, 0.2) is 9.00 Å². The van der Waals surface area contributed by atoms with Crippen molar-refractivity contribution >= 4 is 22.0 Å². The molecule has 6 nitrogen and oxygen atoms in total. The molecule has 1 aromatic rings. The number of hydrogen-bond acceptors (Lipinski definition) is 5. The molecular formula is C7H9BrN2O4. The van der Waals surface area contributed by atoms with E-state index >= 15 is 0 Å². The molecule has 0 aromatic carbocycles. The van der Waals surface area contributed by atoms with E-state index < -0.39 is 6.09 Å². The number of nitrogens with one attached hydrogen (secondary N) is 1. The number of amides is 1. The Hall–Kier alpha value is -1.24. The average Bonchev–Trinajstić information content (AvgIpc) is 2.56. The van der Waals surface area contributed by atoms with Crippen molar-refractivity contribution in [1.82, 2.24) is 10.5 Å². The van der Waals surface area contributed by atoms with Gasteiger partial charge in [0.05, 0.1) is 7.11 Å². The third-order valence-corrected chi connectivity index (χ3v) is 2.18. The van der Waals surface area contributed by atoms with E-state index in [1.54, 1.807) is 0 Å². The van der Waals surface area contributed by atoms with E-state index in [0.29, 0.717) is 16.1 Å². The maximum Gasteiger partial charge on any atom is 0.407 e. The highest BCUT2D eigenvalue weighted by molar-refractivity contribution is 9.10. The predicted octanol–water partition coefficient (Wildman–Crippen LogP) is 1.30. The number of halogens is 1. The van der Waals surface area contributed by atoms with E-state index in [9.17, 15) is 4.79 Å². The standard InChI is InChI=1S/C7H9BrN2O4/c1-9-7(11)13-3-4-5(8)6(12-2)10-14-4/h3H2,1-2H3,(H,9,11). The van der Waals surface area contributed by atoms with Gasteiger partial charge in [-0.1, -0.05) is 0 Å². The molecule has 0 saturated carbocycles. The van der Waals surface area contributed by atoms with Crippen molar-refractivity contribution in [1.29, 1.82) is 0 Å². The Balaban J connectivity index is 2.59. The molecule has 0 aliphatic carbocycles. The summed E-state index contributed by atoms with van der Waals surface area (Å²) in [6.07, 6.45) is -0.535. The number of carbonyl (C=O) groups is 1. The van der Waals surface area contributed by atoms with E-state index in [0.717, 1.165) is 0 Å². The van der Waals surface area contributed by atoms with Crippen molar-refractivity contribution in [2.45, 2.75) is 6.61 Å². The van der Waals surface area contributed by atoms with Crippen LogP contribution < -0.4 is 10.1 Å². The van der Waals surface area contributed by atoms with Gasteiger partial charge in [-0.15, -0.1) is 0 Å². The topological polar surface area (TPSA) is 73.6 Å². The van der Waals surface area contributed by atoms with Crippen LogP contribution in [-0.2, 0) is 11.3 Å². The molecule has 1 heterocycles. The number of rotatable bonds is 3. The summed E-state index contributed by atoms with van der Waals surface area (Å²) in [5, 5.41) is 5.89. The van der Waals surface area contributed by atoms with Crippen LogP contribution in [0.2, 0.25) is 0 Å². The summed E-state index contributed by atoms with van der Waals surface area (Å²) in [5.41, 5.74) is 0. The summed E-state index contributed by atoms with van der Waals surface area (Å²) < 4.78 is 15.0. The summed E-state index contributed by atoms with van der Waals surface area (Å²) in [6, 6.07) is 0. The first-order valence-electron chi connectivity index (χ1n) is 3.71. The lowest BCUT2D eigenvalue weighted by molar-refractivity contribution is 0.129. The van der Waals surface area contributed by atoms with Gasteiger partial charge in [-0.05, 0) is 21.1 Å². The zero-order valence-electron chi connectivity index (χ0n) is 7.67. The van der Waals surface area contributed by atoms with Gasteiger partial charge in [-0.25, -0.2) is 4.79 Å². The van der Waals surface area contributed by atoms with Crippen molar-refractivity contribution in [2.75, 3.05) is 14.2 Å². The third kappa shape index (κ3) is 2.38. The van der Waals surface area contributed by atoms with E-state index in [1.807, 2.05) is 0 Å². The molecule has 0 fully saturated rings. The van der Waals surface area contributed by atoms with Crippen LogP contribution in [0, 0.1) is 0 Å². The summed E-state index contributed by atoms with van der Waals surface area (Å²) in [7, 11) is 2.93. The van der Waals surface area contributed by atoms with Crippen LogP contribution in [0.4, 0.5) is 4.79 Å². The van der Waals surface area contributed by atoms with E-state index in [4.69, 9.17) is 14.0 Å². The molecule has 0 bridgehead atoms. The first kappa shape index (κ1) is 10.8. The highest BCUT2D eigenvalue weighted by Crippen LogP contribution is 2.27. The first-order valence-corrected chi connectivity index (χ1v) is 4.51. The fraction of sp³-hybridized carbons (Fsp3) is 0.429. The van der Waals surface area contributed by atoms with Gasteiger partial charge in [0, 0.05) is 7.05 Å². The zero-order valence-corrected chi connectivity index (χ0v) is 9.25. The lowest BCUT2D eigenvalue weighted by Gasteiger charge is -2.00. The second kappa shape index (κ2) is 4.85. The minimum atomic E-state index is -0.535. The van der Waals surface area contributed by atoms with Gasteiger partial charge in [0.2, 0.25) is 0 Å². The molecule has 0 radical (unpaired) electrons. The van der Waals surface area contributed by atoms with Gasteiger partial charge in [0.25, 0.3) is 5.88 Å². The maximum atomic E-state index is 10.7. The lowest BCUT2D eigenvalue weighted by atomic mass is 10.5. The molecule has 1 aromatic heterocycles. The highest BCUT2D eigenvalue weighted by atomic mass is 79.9. The highest BCUT2D eigenvalue weighted by Gasteiger charge is 2.15. The van der Waals surface area contributed by atoms with Crippen LogP contribution >= 0.6 is 15.9 Å². The molecule has 0 unspecified atom stereocenters. The number of aromatic nitrogens is 1. The number of nitrogens with zero attached hydrogens (tertiary/aromatic N) is 1.